The predicted octanol–water partition coefficient (Wildman–Crippen LogP) is 1.67. The summed E-state index contributed by atoms with van der Waals surface area (Å²) in [5.41, 5.74) is 0.433. The van der Waals surface area contributed by atoms with Gasteiger partial charge >= 0.3 is 0 Å². The Morgan fingerprint density at radius 1 is 1.67 bits per heavy atom. The molecule has 18 heavy (non-hydrogen) atoms. The van der Waals surface area contributed by atoms with Crippen molar-refractivity contribution in [2.75, 3.05) is 18.8 Å². The number of carbonyl (C=O) groups is 1. The average Bonchev–Trinajstić information content (AvgIpc) is 2.67. The van der Waals surface area contributed by atoms with Crippen LogP contribution in [0.5, 0.6) is 0 Å². The van der Waals surface area contributed by atoms with E-state index in [1.165, 1.54) is 0 Å². The number of likely N-dealkylation sites (tertiary alicyclic amines) is 1. The van der Waals surface area contributed by atoms with Crippen LogP contribution < -0.4 is 0 Å². The van der Waals surface area contributed by atoms with Gasteiger partial charge in [-0.1, -0.05) is 0 Å². The van der Waals surface area contributed by atoms with Gasteiger partial charge in [0.25, 0.3) is 0 Å². The Morgan fingerprint density at radius 3 is 2.94 bits per heavy atom. The molecule has 1 N–H and O–H groups in total. The van der Waals surface area contributed by atoms with Gasteiger partial charge in [0.05, 0.1) is 29.4 Å². The Labute approximate surface area is 115 Å². The van der Waals surface area contributed by atoms with Gasteiger partial charge in [0, 0.05) is 23.3 Å². The number of hydrogen-bond donors (Lipinski definition) is 1. The summed E-state index contributed by atoms with van der Waals surface area (Å²) in [5, 5.41) is 12.7. The zero-order valence-electron chi connectivity index (χ0n) is 10.7. The summed E-state index contributed by atoms with van der Waals surface area (Å²) < 4.78 is 0. The highest BCUT2D eigenvalue weighted by atomic mass is 32.2. The first-order valence-corrected chi connectivity index (χ1v) is 7.99. The van der Waals surface area contributed by atoms with Gasteiger partial charge < -0.3 is 10.0 Å². The molecule has 0 aromatic carbocycles. The summed E-state index contributed by atoms with van der Waals surface area (Å²) in [4.78, 5) is 17.8. The number of carbonyl (C=O) groups excluding carboxylic acids is 1. The van der Waals surface area contributed by atoms with Gasteiger partial charge in [-0.05, 0) is 13.8 Å². The molecule has 4 nitrogen and oxygen atoms in total. The van der Waals surface area contributed by atoms with Crippen molar-refractivity contribution in [2.24, 2.45) is 0 Å². The highest BCUT2D eigenvalue weighted by Crippen LogP contribution is 2.21. The Balaban J connectivity index is 1.60. The van der Waals surface area contributed by atoms with Crippen molar-refractivity contribution >= 4 is 29.0 Å². The first kappa shape index (κ1) is 13.8. The van der Waals surface area contributed by atoms with Crippen molar-refractivity contribution in [3.05, 3.63) is 16.1 Å². The lowest BCUT2D eigenvalue weighted by Crippen LogP contribution is -2.61. The molecule has 6 heteroatoms. The number of nitrogens with zero attached hydrogens (tertiary/aromatic N) is 2. The maximum atomic E-state index is 11.7. The number of thiazole rings is 1. The molecule has 0 aliphatic carbocycles. The highest BCUT2D eigenvalue weighted by Gasteiger charge is 2.38. The van der Waals surface area contributed by atoms with E-state index in [1.54, 1.807) is 34.9 Å². The van der Waals surface area contributed by atoms with Crippen molar-refractivity contribution in [2.45, 2.75) is 31.6 Å². The summed E-state index contributed by atoms with van der Waals surface area (Å²) in [5.74, 6) is 1.83. The second-order valence-electron chi connectivity index (χ2n) is 4.91. The van der Waals surface area contributed by atoms with Crippen LogP contribution in [0.15, 0.2) is 5.38 Å². The topological polar surface area (TPSA) is 53.4 Å². The smallest absolute Gasteiger partial charge is 0.223 e. The molecule has 0 saturated carbocycles. The SMILES string of the molecule is Cc1nc(CSCCC(=O)N2CC(C)(O)C2)cs1. The van der Waals surface area contributed by atoms with Crippen LogP contribution in [0.4, 0.5) is 0 Å². The number of aliphatic hydroxyl groups is 1. The van der Waals surface area contributed by atoms with Gasteiger partial charge in [0.2, 0.25) is 5.91 Å². The number of rotatable bonds is 5. The number of aromatic nitrogens is 1. The van der Waals surface area contributed by atoms with Crippen LogP contribution in [0.3, 0.4) is 0 Å². The molecular formula is C12H18N2O2S2. The molecule has 1 fully saturated rings. The zero-order chi connectivity index (χ0) is 13.2. The second kappa shape index (κ2) is 5.59. The van der Waals surface area contributed by atoms with Crippen molar-refractivity contribution < 1.29 is 9.90 Å². The van der Waals surface area contributed by atoms with E-state index in [0.29, 0.717) is 19.5 Å². The van der Waals surface area contributed by atoms with E-state index < -0.39 is 5.60 Å². The van der Waals surface area contributed by atoms with E-state index in [4.69, 9.17) is 0 Å². The molecule has 1 amide bonds. The summed E-state index contributed by atoms with van der Waals surface area (Å²) in [6.45, 7) is 4.71. The number of amides is 1. The lowest BCUT2D eigenvalue weighted by atomic mass is 9.97. The van der Waals surface area contributed by atoms with Crippen molar-refractivity contribution in [1.29, 1.82) is 0 Å². The maximum absolute atomic E-state index is 11.7. The molecule has 0 spiro atoms. The van der Waals surface area contributed by atoms with E-state index in [9.17, 15) is 9.90 Å². The van der Waals surface area contributed by atoms with E-state index >= 15 is 0 Å². The third kappa shape index (κ3) is 3.70. The van der Waals surface area contributed by atoms with E-state index in [2.05, 4.69) is 10.4 Å². The molecule has 0 bridgehead atoms. The van der Waals surface area contributed by atoms with Crippen molar-refractivity contribution in [1.82, 2.24) is 9.88 Å². The first-order valence-electron chi connectivity index (χ1n) is 5.95. The Kier molecular flexibility index (Phi) is 4.29. The molecule has 0 radical (unpaired) electrons. The van der Waals surface area contributed by atoms with Crippen LogP contribution in [0.25, 0.3) is 0 Å². The third-order valence-electron chi connectivity index (χ3n) is 2.79. The Morgan fingerprint density at radius 2 is 2.39 bits per heavy atom. The molecule has 2 rings (SSSR count). The molecule has 0 atom stereocenters. The minimum absolute atomic E-state index is 0.142. The van der Waals surface area contributed by atoms with Crippen molar-refractivity contribution in [3.63, 3.8) is 0 Å². The molecule has 100 valence electrons. The fraction of sp³-hybridized carbons (Fsp3) is 0.667. The molecule has 1 saturated heterocycles. The molecule has 0 unspecified atom stereocenters. The number of aryl methyl sites for hydroxylation is 1. The average molecular weight is 286 g/mol. The van der Waals surface area contributed by atoms with E-state index in [1.807, 2.05) is 6.92 Å². The van der Waals surface area contributed by atoms with Crippen LogP contribution >= 0.6 is 23.1 Å². The monoisotopic (exact) mass is 286 g/mol. The minimum Gasteiger partial charge on any atom is -0.386 e. The first-order chi connectivity index (χ1) is 8.46. The van der Waals surface area contributed by atoms with Gasteiger partial charge in [0.1, 0.15) is 0 Å². The maximum Gasteiger partial charge on any atom is 0.223 e. The largest absolute Gasteiger partial charge is 0.386 e. The number of β-amino-alcohol motifs (C(OH)–C–C–N with tert-alkyl or cyclic N) is 1. The Hall–Kier alpha value is -0.590. The number of thioether (sulfide) groups is 1. The normalized spacial score (nSPS) is 17.6. The van der Waals surface area contributed by atoms with Gasteiger partial charge in [-0.15, -0.1) is 11.3 Å². The van der Waals surface area contributed by atoms with E-state index in [-0.39, 0.29) is 5.91 Å². The fourth-order valence-electron chi connectivity index (χ4n) is 1.92. The van der Waals surface area contributed by atoms with Gasteiger partial charge in [-0.3, -0.25) is 4.79 Å². The highest BCUT2D eigenvalue weighted by molar-refractivity contribution is 7.98. The van der Waals surface area contributed by atoms with Crippen LogP contribution in [-0.2, 0) is 10.5 Å². The predicted molar refractivity (Wildman–Crippen MR) is 74.8 cm³/mol. The summed E-state index contributed by atoms with van der Waals surface area (Å²) in [7, 11) is 0. The van der Waals surface area contributed by atoms with Crippen LogP contribution in [0, 0.1) is 6.92 Å². The van der Waals surface area contributed by atoms with Crippen molar-refractivity contribution in [3.8, 4) is 0 Å². The van der Waals surface area contributed by atoms with Crippen LogP contribution in [0.2, 0.25) is 0 Å². The van der Waals surface area contributed by atoms with Crippen LogP contribution in [0.1, 0.15) is 24.0 Å². The van der Waals surface area contributed by atoms with Gasteiger partial charge in [0.15, 0.2) is 0 Å². The van der Waals surface area contributed by atoms with Gasteiger partial charge in [-0.25, -0.2) is 4.98 Å². The minimum atomic E-state index is -0.666. The quantitative estimate of drug-likeness (QED) is 0.837. The summed E-state index contributed by atoms with van der Waals surface area (Å²) >= 11 is 3.39. The zero-order valence-corrected chi connectivity index (χ0v) is 12.3. The molecule has 1 aromatic rings. The molecule has 1 aliphatic rings. The molecular weight excluding hydrogens is 268 g/mol. The summed E-state index contributed by atoms with van der Waals surface area (Å²) in [6, 6.07) is 0. The lowest BCUT2D eigenvalue weighted by molar-refractivity contribution is -0.151. The molecule has 1 aromatic heterocycles. The standard InChI is InChI=1S/C12H18N2O2S2/c1-9-13-10(6-18-9)5-17-4-3-11(15)14-7-12(2,16)8-14/h6,16H,3-5,7-8H2,1-2H3. The molecule has 2 heterocycles. The fourth-order valence-corrected chi connectivity index (χ4v) is 3.46. The third-order valence-corrected chi connectivity index (χ3v) is 4.61. The second-order valence-corrected chi connectivity index (χ2v) is 7.07. The van der Waals surface area contributed by atoms with E-state index in [0.717, 1.165) is 22.2 Å². The van der Waals surface area contributed by atoms with Crippen LogP contribution in [-0.4, -0.2) is 45.3 Å². The summed E-state index contributed by atoms with van der Waals surface area (Å²) in [6.07, 6.45) is 0.546. The Bertz CT molecular complexity index is 423. The molecule has 1 aliphatic heterocycles. The van der Waals surface area contributed by atoms with Gasteiger partial charge in [-0.2, -0.15) is 11.8 Å². The number of hydrogen-bond acceptors (Lipinski definition) is 5. The lowest BCUT2D eigenvalue weighted by Gasteiger charge is -2.44.